The summed E-state index contributed by atoms with van der Waals surface area (Å²) in [5.74, 6) is 3.62. The van der Waals surface area contributed by atoms with Gasteiger partial charge in [0.25, 0.3) is 0 Å². The summed E-state index contributed by atoms with van der Waals surface area (Å²) in [5, 5.41) is 28.0. The summed E-state index contributed by atoms with van der Waals surface area (Å²) in [5.41, 5.74) is 4.92. The highest BCUT2D eigenvalue weighted by Crippen LogP contribution is 2.77. The van der Waals surface area contributed by atoms with Crippen LogP contribution < -0.4 is 5.32 Å². The molecule has 2 N–H and O–H groups in total. The third-order valence-electron chi connectivity index (χ3n) is 17.0. The zero-order chi connectivity index (χ0) is 38.3. The van der Waals surface area contributed by atoms with E-state index in [4.69, 9.17) is 9.78 Å². The molecular weight excluding hydrogens is 669 g/mol. The number of benzene rings is 2. The number of aliphatic hydroxyl groups excluding tert-OH is 1. The van der Waals surface area contributed by atoms with Crippen molar-refractivity contribution < 1.29 is 14.4 Å². The number of allylic oxidation sites excluding steroid dienone is 1. The number of rotatable bonds is 7. The van der Waals surface area contributed by atoms with Crippen LogP contribution in [0.5, 0.6) is 0 Å². The molecular formula is C47H60N4O3. The molecule has 0 spiro atoms. The smallest absolute Gasteiger partial charge is 0.231 e. The fourth-order valence-electron chi connectivity index (χ4n) is 14.0. The standard InChI is InChI=1S/C47H60N4O3/c1-29(2)34-17-22-47(42(53)49-28-32-9-8-10-33(25-32)41-50-39(54-51-41)26-30-11-13-31(27-48)14-12-30)24-23-45(6)35(40(34)47)15-16-37-44(5)20-19-38(52)43(3,4)36(44)18-21-46(37,45)7/h8-14,25,34-38,40,52H,1,15-24,26,28H2,2-7H3,(H,49,53)/t34-,35?,36?,37?,38-,40?,44-,45+,46+,47-/m0/s1. The van der Waals surface area contributed by atoms with E-state index in [0.29, 0.717) is 59.8 Å². The molecule has 5 saturated carbocycles. The number of aliphatic hydroxyl groups is 1. The summed E-state index contributed by atoms with van der Waals surface area (Å²) < 4.78 is 5.60. The molecule has 10 atom stereocenters. The van der Waals surface area contributed by atoms with Crippen molar-refractivity contribution in [2.75, 3.05) is 0 Å². The topological polar surface area (TPSA) is 112 Å². The van der Waals surface area contributed by atoms with E-state index in [1.165, 1.54) is 31.3 Å². The highest BCUT2D eigenvalue weighted by Gasteiger charge is 2.71. The Labute approximate surface area is 322 Å². The zero-order valence-electron chi connectivity index (χ0n) is 33.4. The molecule has 0 bridgehead atoms. The summed E-state index contributed by atoms with van der Waals surface area (Å²) in [7, 11) is 0. The predicted molar refractivity (Wildman–Crippen MR) is 211 cm³/mol. The molecule has 1 amide bonds. The molecule has 1 aromatic heterocycles. The number of hydrogen-bond acceptors (Lipinski definition) is 6. The summed E-state index contributed by atoms with van der Waals surface area (Å²) in [6.45, 7) is 19.7. The summed E-state index contributed by atoms with van der Waals surface area (Å²) in [6, 6.07) is 17.6. The van der Waals surface area contributed by atoms with Gasteiger partial charge in [0, 0.05) is 12.1 Å². The fourth-order valence-corrected chi connectivity index (χ4v) is 14.0. The van der Waals surface area contributed by atoms with Gasteiger partial charge in [0.15, 0.2) is 0 Å². The van der Waals surface area contributed by atoms with Crippen LogP contribution in [0.25, 0.3) is 11.4 Å². The number of nitriles is 1. The zero-order valence-corrected chi connectivity index (χ0v) is 33.4. The third-order valence-corrected chi connectivity index (χ3v) is 17.0. The Morgan fingerprint density at radius 1 is 0.926 bits per heavy atom. The molecule has 0 radical (unpaired) electrons. The predicted octanol–water partition coefficient (Wildman–Crippen LogP) is 9.83. The van der Waals surface area contributed by atoms with Crippen molar-refractivity contribution in [2.45, 2.75) is 125 Å². The second-order valence-electron chi connectivity index (χ2n) is 19.6. The molecule has 286 valence electrons. The second kappa shape index (κ2) is 13.2. The van der Waals surface area contributed by atoms with Crippen molar-refractivity contribution >= 4 is 5.91 Å². The van der Waals surface area contributed by atoms with Crippen molar-refractivity contribution in [3.8, 4) is 17.5 Å². The Morgan fingerprint density at radius 2 is 1.70 bits per heavy atom. The molecule has 1 heterocycles. The lowest BCUT2D eigenvalue weighted by atomic mass is 9.32. The van der Waals surface area contributed by atoms with Crippen LogP contribution in [0, 0.1) is 68.0 Å². The van der Waals surface area contributed by atoms with Gasteiger partial charge < -0.3 is 14.9 Å². The van der Waals surface area contributed by atoms with Gasteiger partial charge in [-0.2, -0.15) is 10.2 Å². The minimum absolute atomic E-state index is 0.0520. The molecule has 3 aromatic rings. The van der Waals surface area contributed by atoms with E-state index in [2.05, 4.69) is 81.8 Å². The lowest BCUT2D eigenvalue weighted by Crippen LogP contribution is -2.67. The SMILES string of the molecule is C=C(C)[C@@H]1CC[C@]2(C(=O)NCc3cccc(-c4noc(Cc5ccc(C#N)cc5)n4)c3)CC[C@]3(C)C(CCC4[C@@]5(C)CC[C@H](O)C(C)(C)C5CC[C@]43C)C12. The van der Waals surface area contributed by atoms with Crippen LogP contribution >= 0.6 is 0 Å². The molecule has 4 unspecified atom stereocenters. The quantitative estimate of drug-likeness (QED) is 0.234. The fraction of sp³-hybridized carbons (Fsp3) is 0.617. The van der Waals surface area contributed by atoms with Crippen molar-refractivity contribution in [1.29, 1.82) is 5.26 Å². The van der Waals surface area contributed by atoms with Crippen LogP contribution in [0.2, 0.25) is 0 Å². The van der Waals surface area contributed by atoms with Crippen molar-refractivity contribution in [1.82, 2.24) is 15.5 Å². The minimum Gasteiger partial charge on any atom is -0.393 e. The number of aromatic nitrogens is 2. The molecule has 5 fully saturated rings. The number of carbonyl (C=O) groups excluding carboxylic acids is 1. The summed E-state index contributed by atoms with van der Waals surface area (Å²) in [4.78, 5) is 19.4. The third kappa shape index (κ3) is 5.55. The lowest BCUT2D eigenvalue weighted by molar-refractivity contribution is -0.246. The van der Waals surface area contributed by atoms with E-state index in [9.17, 15) is 9.90 Å². The maximum absolute atomic E-state index is 14.8. The first kappa shape index (κ1) is 37.2. The van der Waals surface area contributed by atoms with Gasteiger partial charge >= 0.3 is 0 Å². The van der Waals surface area contributed by atoms with Gasteiger partial charge in [0.05, 0.1) is 29.6 Å². The van der Waals surface area contributed by atoms with Gasteiger partial charge in [-0.1, -0.05) is 82.3 Å². The highest BCUT2D eigenvalue weighted by atomic mass is 16.5. The van der Waals surface area contributed by atoms with Gasteiger partial charge in [-0.3, -0.25) is 4.79 Å². The van der Waals surface area contributed by atoms with E-state index in [1.54, 1.807) is 12.1 Å². The highest BCUT2D eigenvalue weighted by molar-refractivity contribution is 5.84. The Hall–Kier alpha value is -3.76. The monoisotopic (exact) mass is 728 g/mol. The van der Waals surface area contributed by atoms with Gasteiger partial charge in [-0.25, -0.2) is 0 Å². The van der Waals surface area contributed by atoms with Crippen molar-refractivity contribution in [2.24, 2.45) is 56.7 Å². The number of nitrogens with zero attached hydrogens (tertiary/aromatic N) is 3. The van der Waals surface area contributed by atoms with Crippen molar-refractivity contribution in [3.63, 3.8) is 0 Å². The van der Waals surface area contributed by atoms with Crippen LogP contribution in [0.1, 0.15) is 128 Å². The maximum Gasteiger partial charge on any atom is 0.231 e. The average molecular weight is 729 g/mol. The van der Waals surface area contributed by atoms with Gasteiger partial charge in [0.1, 0.15) is 0 Å². The molecule has 7 nitrogen and oxygen atoms in total. The van der Waals surface area contributed by atoms with Gasteiger partial charge in [-0.05, 0) is 152 Å². The van der Waals surface area contributed by atoms with Crippen LogP contribution in [-0.2, 0) is 17.8 Å². The molecule has 0 aliphatic heterocycles. The molecule has 54 heavy (non-hydrogen) atoms. The minimum atomic E-state index is -0.374. The number of carbonyl (C=O) groups is 1. The summed E-state index contributed by atoms with van der Waals surface area (Å²) >= 11 is 0. The Bertz CT molecular complexity index is 1980. The van der Waals surface area contributed by atoms with Gasteiger partial charge in [-0.15, -0.1) is 0 Å². The molecule has 0 saturated heterocycles. The number of nitrogens with one attached hydrogen (secondary N) is 1. The Balaban J connectivity index is 1.01. The molecule has 5 aliphatic rings. The van der Waals surface area contributed by atoms with E-state index in [-0.39, 0.29) is 39.1 Å². The first-order chi connectivity index (χ1) is 25.7. The normalized spacial score (nSPS) is 37.9. The summed E-state index contributed by atoms with van der Waals surface area (Å²) in [6.07, 6.45) is 11.2. The average Bonchev–Trinajstić information content (AvgIpc) is 3.79. The first-order valence-electron chi connectivity index (χ1n) is 20.7. The van der Waals surface area contributed by atoms with E-state index < -0.39 is 0 Å². The maximum atomic E-state index is 14.8. The van der Waals surface area contributed by atoms with Gasteiger partial charge in [0.2, 0.25) is 17.6 Å². The lowest BCUT2D eigenvalue weighted by Gasteiger charge is -2.72. The number of fused-ring (bicyclic) bond motifs is 7. The molecule has 8 rings (SSSR count). The molecule has 5 aliphatic carbocycles. The molecule has 2 aromatic carbocycles. The van der Waals surface area contributed by atoms with E-state index >= 15 is 0 Å². The Morgan fingerprint density at radius 3 is 2.44 bits per heavy atom. The van der Waals surface area contributed by atoms with Crippen LogP contribution in [0.4, 0.5) is 0 Å². The van der Waals surface area contributed by atoms with Crippen molar-refractivity contribution in [3.05, 3.63) is 83.3 Å². The Kier molecular flexibility index (Phi) is 9.07. The van der Waals surface area contributed by atoms with E-state index in [1.807, 2.05) is 24.3 Å². The molecule has 7 heteroatoms. The van der Waals surface area contributed by atoms with Crippen LogP contribution in [0.3, 0.4) is 0 Å². The van der Waals surface area contributed by atoms with E-state index in [0.717, 1.165) is 55.2 Å². The van der Waals surface area contributed by atoms with Crippen LogP contribution in [0.15, 0.2) is 65.2 Å². The second-order valence-corrected chi connectivity index (χ2v) is 19.6. The largest absolute Gasteiger partial charge is 0.393 e. The van der Waals surface area contributed by atoms with Crippen LogP contribution in [-0.4, -0.2) is 27.3 Å². The number of hydrogen-bond donors (Lipinski definition) is 2. The first-order valence-corrected chi connectivity index (χ1v) is 20.7. The number of amides is 1.